The lowest BCUT2D eigenvalue weighted by molar-refractivity contribution is 0.400. The number of rotatable bonds is 4. The van der Waals surface area contributed by atoms with Crippen LogP contribution in [0.2, 0.25) is 0 Å². The van der Waals surface area contributed by atoms with E-state index >= 15 is 0 Å². The summed E-state index contributed by atoms with van der Waals surface area (Å²) in [5, 5.41) is 0. The highest BCUT2D eigenvalue weighted by Crippen LogP contribution is 2.25. The lowest BCUT2D eigenvalue weighted by Gasteiger charge is -2.32. The number of hydrogen-bond donors (Lipinski definition) is 0. The number of anilines is 2. The van der Waals surface area contributed by atoms with E-state index in [-0.39, 0.29) is 0 Å². The lowest BCUT2D eigenvalue weighted by atomic mass is 9.90. The molecular formula is C20H26N4. The molecular weight excluding hydrogens is 296 g/mol. The van der Waals surface area contributed by atoms with Crippen molar-refractivity contribution in [2.45, 2.75) is 32.1 Å². The van der Waals surface area contributed by atoms with Gasteiger partial charge in [0.05, 0.1) is 0 Å². The summed E-state index contributed by atoms with van der Waals surface area (Å²) in [6.07, 6.45) is 8.14. The lowest BCUT2D eigenvalue weighted by Crippen LogP contribution is -2.35. The van der Waals surface area contributed by atoms with Crippen molar-refractivity contribution in [1.82, 2.24) is 9.97 Å². The van der Waals surface area contributed by atoms with E-state index in [0.29, 0.717) is 0 Å². The zero-order valence-corrected chi connectivity index (χ0v) is 14.3. The van der Waals surface area contributed by atoms with Gasteiger partial charge in [0, 0.05) is 32.4 Å². The van der Waals surface area contributed by atoms with Crippen molar-refractivity contribution in [3.63, 3.8) is 0 Å². The summed E-state index contributed by atoms with van der Waals surface area (Å²) in [5.74, 6) is 2.80. The Balaban J connectivity index is 1.36. The van der Waals surface area contributed by atoms with Crippen LogP contribution >= 0.6 is 0 Å². The predicted molar refractivity (Wildman–Crippen MR) is 98.6 cm³/mol. The van der Waals surface area contributed by atoms with Gasteiger partial charge in [-0.05, 0) is 49.7 Å². The van der Waals surface area contributed by atoms with Crippen LogP contribution in [0.25, 0.3) is 0 Å². The smallest absolute Gasteiger partial charge is 0.227 e. The first-order valence-electron chi connectivity index (χ1n) is 9.25. The molecule has 0 unspecified atom stereocenters. The molecule has 126 valence electrons. The van der Waals surface area contributed by atoms with Gasteiger partial charge >= 0.3 is 0 Å². The van der Waals surface area contributed by atoms with E-state index in [1.165, 1.54) is 37.7 Å². The predicted octanol–water partition coefficient (Wildman–Crippen LogP) is 3.54. The van der Waals surface area contributed by atoms with Gasteiger partial charge < -0.3 is 9.80 Å². The second kappa shape index (κ2) is 7.20. The Labute approximate surface area is 144 Å². The monoisotopic (exact) mass is 322 g/mol. The second-order valence-corrected chi connectivity index (χ2v) is 7.03. The summed E-state index contributed by atoms with van der Waals surface area (Å²) in [7, 11) is 0. The zero-order chi connectivity index (χ0) is 16.2. The molecule has 0 N–H and O–H groups in total. The molecule has 4 heteroatoms. The third kappa shape index (κ3) is 3.53. The molecule has 2 aliphatic heterocycles. The van der Waals surface area contributed by atoms with Crippen molar-refractivity contribution in [3.05, 3.63) is 48.2 Å². The topological polar surface area (TPSA) is 32.3 Å². The van der Waals surface area contributed by atoms with E-state index in [0.717, 1.165) is 43.9 Å². The highest BCUT2D eigenvalue weighted by molar-refractivity contribution is 5.44. The molecule has 0 amide bonds. The van der Waals surface area contributed by atoms with Gasteiger partial charge in [-0.25, -0.2) is 4.98 Å². The van der Waals surface area contributed by atoms with Crippen LogP contribution in [0.5, 0.6) is 0 Å². The molecule has 0 aliphatic carbocycles. The van der Waals surface area contributed by atoms with Crippen molar-refractivity contribution in [2.24, 2.45) is 5.92 Å². The minimum absolute atomic E-state index is 0.783. The summed E-state index contributed by atoms with van der Waals surface area (Å²) >= 11 is 0. The first-order valence-corrected chi connectivity index (χ1v) is 9.25. The second-order valence-electron chi connectivity index (χ2n) is 7.03. The highest BCUT2D eigenvalue weighted by atomic mass is 15.3. The molecule has 2 aromatic rings. The summed E-state index contributed by atoms with van der Waals surface area (Å²) in [4.78, 5) is 14.1. The van der Waals surface area contributed by atoms with E-state index < -0.39 is 0 Å². The van der Waals surface area contributed by atoms with Crippen LogP contribution in [0.4, 0.5) is 11.8 Å². The largest absolute Gasteiger partial charge is 0.356 e. The molecule has 24 heavy (non-hydrogen) atoms. The minimum Gasteiger partial charge on any atom is -0.356 e. The molecule has 2 saturated heterocycles. The first kappa shape index (κ1) is 15.4. The average molecular weight is 322 g/mol. The van der Waals surface area contributed by atoms with Gasteiger partial charge in [-0.3, -0.25) is 0 Å². The molecule has 1 aromatic carbocycles. The molecule has 0 spiro atoms. The van der Waals surface area contributed by atoms with Crippen molar-refractivity contribution in [1.29, 1.82) is 0 Å². The Bertz CT molecular complexity index is 644. The summed E-state index contributed by atoms with van der Waals surface area (Å²) in [6, 6.07) is 12.9. The standard InChI is InChI=1S/C20H26N4/c1-2-6-17(7-3-1)16-18-9-14-24(15-10-18)20-21-11-8-19(22-20)23-12-4-5-13-23/h1-3,6-8,11,18H,4-5,9-10,12-16H2. The third-order valence-electron chi connectivity index (χ3n) is 5.32. The van der Waals surface area contributed by atoms with Gasteiger partial charge in [0.1, 0.15) is 5.82 Å². The number of benzene rings is 1. The maximum atomic E-state index is 4.83. The fourth-order valence-corrected chi connectivity index (χ4v) is 3.90. The van der Waals surface area contributed by atoms with Gasteiger partial charge in [-0.15, -0.1) is 0 Å². The van der Waals surface area contributed by atoms with E-state index in [1.54, 1.807) is 0 Å². The molecule has 0 bridgehead atoms. The minimum atomic E-state index is 0.783. The molecule has 0 atom stereocenters. The van der Waals surface area contributed by atoms with Crippen LogP contribution < -0.4 is 9.80 Å². The molecule has 1 aromatic heterocycles. The summed E-state index contributed by atoms with van der Waals surface area (Å²) in [5.41, 5.74) is 1.46. The Hall–Kier alpha value is -2.10. The molecule has 0 saturated carbocycles. The van der Waals surface area contributed by atoms with Crippen molar-refractivity contribution >= 4 is 11.8 Å². The normalized spacial score (nSPS) is 19.0. The zero-order valence-electron chi connectivity index (χ0n) is 14.3. The van der Waals surface area contributed by atoms with Crippen molar-refractivity contribution < 1.29 is 0 Å². The van der Waals surface area contributed by atoms with Crippen LogP contribution in [-0.4, -0.2) is 36.1 Å². The van der Waals surface area contributed by atoms with E-state index in [4.69, 9.17) is 4.98 Å². The van der Waals surface area contributed by atoms with E-state index in [1.807, 2.05) is 6.20 Å². The Kier molecular flexibility index (Phi) is 4.63. The van der Waals surface area contributed by atoms with Crippen molar-refractivity contribution in [3.8, 4) is 0 Å². The van der Waals surface area contributed by atoms with E-state index in [9.17, 15) is 0 Å². The highest BCUT2D eigenvalue weighted by Gasteiger charge is 2.22. The molecule has 3 heterocycles. The fourth-order valence-electron chi connectivity index (χ4n) is 3.90. The maximum absolute atomic E-state index is 4.83. The van der Waals surface area contributed by atoms with Crippen LogP contribution in [0.1, 0.15) is 31.2 Å². The van der Waals surface area contributed by atoms with Crippen LogP contribution in [0, 0.1) is 5.92 Å². The van der Waals surface area contributed by atoms with Crippen LogP contribution in [0.15, 0.2) is 42.6 Å². The van der Waals surface area contributed by atoms with Crippen molar-refractivity contribution in [2.75, 3.05) is 36.0 Å². The summed E-state index contributed by atoms with van der Waals surface area (Å²) in [6.45, 7) is 4.41. The maximum Gasteiger partial charge on any atom is 0.227 e. The average Bonchev–Trinajstić information content (AvgIpc) is 3.18. The van der Waals surface area contributed by atoms with Gasteiger partial charge in [-0.2, -0.15) is 4.98 Å². The molecule has 2 aliphatic rings. The number of piperidine rings is 1. The molecule has 4 rings (SSSR count). The fraction of sp³-hybridized carbons (Fsp3) is 0.500. The van der Waals surface area contributed by atoms with Crippen LogP contribution in [0.3, 0.4) is 0 Å². The Morgan fingerprint density at radius 1 is 0.875 bits per heavy atom. The molecule has 4 nitrogen and oxygen atoms in total. The third-order valence-corrected chi connectivity index (χ3v) is 5.32. The van der Waals surface area contributed by atoms with Gasteiger partial charge in [0.2, 0.25) is 5.95 Å². The van der Waals surface area contributed by atoms with Gasteiger partial charge in [0.25, 0.3) is 0 Å². The summed E-state index contributed by atoms with van der Waals surface area (Å²) < 4.78 is 0. The van der Waals surface area contributed by atoms with E-state index in [2.05, 4.69) is 51.2 Å². The molecule has 2 fully saturated rings. The number of aromatic nitrogens is 2. The SMILES string of the molecule is c1ccc(CC2CCN(c3nccc(N4CCCC4)n3)CC2)cc1. The van der Waals surface area contributed by atoms with Gasteiger partial charge in [0.15, 0.2) is 0 Å². The quantitative estimate of drug-likeness (QED) is 0.862. The first-order chi connectivity index (χ1) is 11.9. The number of nitrogens with zero attached hydrogens (tertiary/aromatic N) is 4. The van der Waals surface area contributed by atoms with Crippen LogP contribution in [-0.2, 0) is 6.42 Å². The van der Waals surface area contributed by atoms with Gasteiger partial charge in [-0.1, -0.05) is 30.3 Å². The molecule has 0 radical (unpaired) electrons. The number of hydrogen-bond acceptors (Lipinski definition) is 4. The Morgan fingerprint density at radius 2 is 1.62 bits per heavy atom. The Morgan fingerprint density at radius 3 is 2.38 bits per heavy atom.